The van der Waals surface area contributed by atoms with Gasteiger partial charge in [0.1, 0.15) is 0 Å². The zero-order valence-electron chi connectivity index (χ0n) is 11.8. The Labute approximate surface area is 120 Å². The largest absolute Gasteiger partial charge is 0.359 e. The molecule has 1 heterocycles. The maximum atomic E-state index is 12.5. The molecule has 2 rings (SSSR count). The molecule has 1 aliphatic heterocycles. The molecule has 0 aromatic heterocycles. The summed E-state index contributed by atoms with van der Waals surface area (Å²) in [4.78, 5) is 11.9. The van der Waals surface area contributed by atoms with Gasteiger partial charge in [0.05, 0.1) is 4.90 Å². The number of nitrogens with zero attached hydrogens (tertiary/aromatic N) is 1. The Balaban J connectivity index is 2.11. The Morgan fingerprint density at radius 2 is 1.95 bits per heavy atom. The number of carbonyl (C=O) groups excluding carboxylic acids is 1. The first-order valence-corrected chi connectivity index (χ1v) is 8.17. The molecule has 1 aromatic rings. The predicted octanol–water partition coefficient (Wildman–Crippen LogP) is 1.14. The van der Waals surface area contributed by atoms with Crippen LogP contribution in [0.3, 0.4) is 0 Å². The van der Waals surface area contributed by atoms with Crippen LogP contribution in [-0.4, -0.2) is 38.8 Å². The van der Waals surface area contributed by atoms with E-state index in [9.17, 15) is 13.2 Å². The van der Waals surface area contributed by atoms with Gasteiger partial charge in [0, 0.05) is 26.1 Å². The fourth-order valence-corrected chi connectivity index (χ4v) is 4.06. The second-order valence-electron chi connectivity index (χ2n) is 5.11. The molecule has 0 bridgehead atoms. The van der Waals surface area contributed by atoms with Crippen molar-refractivity contribution in [3.05, 3.63) is 29.8 Å². The van der Waals surface area contributed by atoms with E-state index < -0.39 is 10.0 Å². The van der Waals surface area contributed by atoms with Crippen molar-refractivity contribution in [3.8, 4) is 0 Å². The SMILES string of the molecule is CNC(=O)C1CCN(S(=O)(=O)c2cccc(C)c2)CC1. The molecule has 20 heavy (non-hydrogen) atoms. The van der Waals surface area contributed by atoms with Crippen LogP contribution in [0.25, 0.3) is 0 Å². The molecule has 6 heteroatoms. The van der Waals surface area contributed by atoms with Crippen molar-refractivity contribution >= 4 is 15.9 Å². The van der Waals surface area contributed by atoms with Gasteiger partial charge in [-0.3, -0.25) is 4.79 Å². The van der Waals surface area contributed by atoms with Crippen LogP contribution in [0, 0.1) is 12.8 Å². The van der Waals surface area contributed by atoms with Gasteiger partial charge in [-0.1, -0.05) is 12.1 Å². The van der Waals surface area contributed by atoms with Gasteiger partial charge in [0.15, 0.2) is 0 Å². The standard InChI is InChI=1S/C14H20N2O3S/c1-11-4-3-5-13(10-11)20(18,19)16-8-6-12(7-9-16)14(17)15-2/h3-5,10,12H,6-9H2,1-2H3,(H,15,17). The highest BCUT2D eigenvalue weighted by molar-refractivity contribution is 7.89. The molecule has 0 aliphatic carbocycles. The molecular weight excluding hydrogens is 276 g/mol. The monoisotopic (exact) mass is 296 g/mol. The van der Waals surface area contributed by atoms with Crippen molar-refractivity contribution < 1.29 is 13.2 Å². The Bertz CT molecular complexity index is 590. The van der Waals surface area contributed by atoms with E-state index in [-0.39, 0.29) is 11.8 Å². The molecule has 1 aromatic carbocycles. The van der Waals surface area contributed by atoms with Gasteiger partial charge in [0.25, 0.3) is 0 Å². The molecule has 110 valence electrons. The molecule has 0 radical (unpaired) electrons. The highest BCUT2D eigenvalue weighted by Crippen LogP contribution is 2.24. The summed E-state index contributed by atoms with van der Waals surface area (Å²) in [6, 6.07) is 6.92. The van der Waals surface area contributed by atoms with Gasteiger partial charge in [-0.25, -0.2) is 8.42 Å². The number of rotatable bonds is 3. The molecule has 1 amide bonds. The van der Waals surface area contributed by atoms with Gasteiger partial charge in [-0.15, -0.1) is 0 Å². The number of amides is 1. The number of piperidine rings is 1. The lowest BCUT2D eigenvalue weighted by Gasteiger charge is -2.30. The lowest BCUT2D eigenvalue weighted by Crippen LogP contribution is -2.42. The summed E-state index contributed by atoms with van der Waals surface area (Å²) in [5.74, 6) is -0.0819. The molecule has 0 atom stereocenters. The first-order valence-electron chi connectivity index (χ1n) is 6.73. The molecule has 0 unspecified atom stereocenters. The van der Waals surface area contributed by atoms with Crippen molar-refractivity contribution in [3.63, 3.8) is 0 Å². The first-order chi connectivity index (χ1) is 9.45. The van der Waals surface area contributed by atoms with E-state index >= 15 is 0 Å². The minimum absolute atomic E-state index is 0.00222. The van der Waals surface area contributed by atoms with Crippen molar-refractivity contribution in [2.24, 2.45) is 5.92 Å². The molecule has 1 fully saturated rings. The number of aryl methyl sites for hydroxylation is 1. The van der Waals surface area contributed by atoms with E-state index in [0.717, 1.165) is 5.56 Å². The fraction of sp³-hybridized carbons (Fsp3) is 0.500. The summed E-state index contributed by atoms with van der Waals surface area (Å²) in [5, 5.41) is 2.62. The van der Waals surface area contributed by atoms with Gasteiger partial charge >= 0.3 is 0 Å². The smallest absolute Gasteiger partial charge is 0.243 e. The molecule has 1 N–H and O–H groups in total. The molecule has 0 saturated carbocycles. The number of hydrogen-bond donors (Lipinski definition) is 1. The molecular formula is C14H20N2O3S. The zero-order valence-corrected chi connectivity index (χ0v) is 12.6. The van der Waals surface area contributed by atoms with Crippen LogP contribution in [0.2, 0.25) is 0 Å². The maximum Gasteiger partial charge on any atom is 0.243 e. The Morgan fingerprint density at radius 3 is 2.50 bits per heavy atom. The van der Waals surface area contributed by atoms with Crippen LogP contribution in [0.5, 0.6) is 0 Å². The van der Waals surface area contributed by atoms with E-state index in [1.54, 1.807) is 25.2 Å². The van der Waals surface area contributed by atoms with Gasteiger partial charge in [-0.05, 0) is 37.5 Å². The van der Waals surface area contributed by atoms with Crippen LogP contribution in [0.1, 0.15) is 18.4 Å². The lowest BCUT2D eigenvalue weighted by atomic mass is 9.97. The van der Waals surface area contributed by atoms with Gasteiger partial charge < -0.3 is 5.32 Å². The molecule has 1 aliphatic rings. The predicted molar refractivity (Wildman–Crippen MR) is 76.7 cm³/mol. The van der Waals surface area contributed by atoms with Crippen molar-refractivity contribution in [2.75, 3.05) is 20.1 Å². The number of sulfonamides is 1. The summed E-state index contributed by atoms with van der Waals surface area (Å²) in [6.45, 7) is 2.67. The van der Waals surface area contributed by atoms with E-state index in [2.05, 4.69) is 5.32 Å². The van der Waals surface area contributed by atoms with Crippen molar-refractivity contribution in [2.45, 2.75) is 24.7 Å². The summed E-state index contributed by atoms with van der Waals surface area (Å²) < 4.78 is 26.5. The number of carbonyl (C=O) groups is 1. The summed E-state index contributed by atoms with van der Waals surface area (Å²) in [7, 11) is -1.83. The summed E-state index contributed by atoms with van der Waals surface area (Å²) in [6.07, 6.45) is 1.15. The third-order valence-electron chi connectivity index (χ3n) is 3.70. The maximum absolute atomic E-state index is 12.5. The van der Waals surface area contributed by atoms with Crippen LogP contribution in [0.15, 0.2) is 29.2 Å². The number of benzene rings is 1. The number of nitrogens with one attached hydrogen (secondary N) is 1. The van der Waals surface area contributed by atoms with Crippen LogP contribution in [0.4, 0.5) is 0 Å². The normalized spacial score (nSPS) is 17.9. The van der Waals surface area contributed by atoms with Crippen LogP contribution in [-0.2, 0) is 14.8 Å². The Morgan fingerprint density at radius 1 is 1.30 bits per heavy atom. The second kappa shape index (κ2) is 5.93. The van der Waals surface area contributed by atoms with E-state index in [0.29, 0.717) is 30.8 Å². The fourth-order valence-electron chi connectivity index (χ4n) is 2.49. The van der Waals surface area contributed by atoms with Gasteiger partial charge in [-0.2, -0.15) is 4.31 Å². The summed E-state index contributed by atoms with van der Waals surface area (Å²) >= 11 is 0. The molecule has 0 spiro atoms. The average molecular weight is 296 g/mol. The first kappa shape index (κ1) is 15.0. The second-order valence-corrected chi connectivity index (χ2v) is 7.05. The number of hydrogen-bond acceptors (Lipinski definition) is 3. The van der Waals surface area contributed by atoms with Crippen LogP contribution >= 0.6 is 0 Å². The lowest BCUT2D eigenvalue weighted by molar-refractivity contribution is -0.125. The van der Waals surface area contributed by atoms with Gasteiger partial charge in [0.2, 0.25) is 15.9 Å². The molecule has 5 nitrogen and oxygen atoms in total. The van der Waals surface area contributed by atoms with Crippen molar-refractivity contribution in [1.29, 1.82) is 0 Å². The van der Waals surface area contributed by atoms with Crippen LogP contribution < -0.4 is 5.32 Å². The third-order valence-corrected chi connectivity index (χ3v) is 5.59. The van der Waals surface area contributed by atoms with E-state index in [1.807, 2.05) is 13.0 Å². The van der Waals surface area contributed by atoms with Crippen molar-refractivity contribution in [1.82, 2.24) is 9.62 Å². The minimum atomic E-state index is -3.44. The third kappa shape index (κ3) is 3.02. The van der Waals surface area contributed by atoms with E-state index in [4.69, 9.17) is 0 Å². The Kier molecular flexibility index (Phi) is 4.45. The Hall–Kier alpha value is -1.40. The zero-order chi connectivity index (χ0) is 14.8. The topological polar surface area (TPSA) is 66.5 Å². The highest BCUT2D eigenvalue weighted by atomic mass is 32.2. The summed E-state index contributed by atoms with van der Waals surface area (Å²) in [5.41, 5.74) is 0.923. The highest BCUT2D eigenvalue weighted by Gasteiger charge is 2.31. The minimum Gasteiger partial charge on any atom is -0.359 e. The quantitative estimate of drug-likeness (QED) is 0.909. The average Bonchev–Trinajstić information content (AvgIpc) is 2.46. The molecule has 1 saturated heterocycles. The van der Waals surface area contributed by atoms with E-state index in [1.165, 1.54) is 4.31 Å².